The maximum atomic E-state index is 11.7. The van der Waals surface area contributed by atoms with Crippen molar-refractivity contribution in [3.8, 4) is 0 Å². The van der Waals surface area contributed by atoms with Gasteiger partial charge in [-0.25, -0.2) is 4.79 Å². The highest BCUT2D eigenvalue weighted by atomic mass is 79.9. The summed E-state index contributed by atoms with van der Waals surface area (Å²) in [4.78, 5) is 24.8. The Bertz CT molecular complexity index is 531. The third-order valence-electron chi connectivity index (χ3n) is 3.04. The average molecular weight is 332 g/mol. The number of rotatable bonds is 2. The van der Waals surface area contributed by atoms with E-state index >= 15 is 0 Å². The van der Waals surface area contributed by atoms with Crippen LogP contribution in [0.25, 0.3) is 0 Å². The summed E-state index contributed by atoms with van der Waals surface area (Å²) in [6.45, 7) is 3.72. The summed E-state index contributed by atoms with van der Waals surface area (Å²) in [7, 11) is 0. The summed E-state index contributed by atoms with van der Waals surface area (Å²) in [6, 6.07) is 5.06. The van der Waals surface area contributed by atoms with E-state index in [1.54, 1.807) is 19.9 Å². The second-order valence-corrected chi connectivity index (χ2v) is 5.96. The molecule has 0 bridgehead atoms. The van der Waals surface area contributed by atoms with Crippen LogP contribution < -0.4 is 5.32 Å². The Morgan fingerprint density at radius 3 is 2.56 bits per heavy atom. The number of amides is 3. The Hall–Kier alpha value is -1.07. The zero-order chi connectivity index (χ0) is 13.5. The molecule has 2 rings (SSSR count). The predicted octanol–water partition coefficient (Wildman–Crippen LogP) is 2.93. The van der Waals surface area contributed by atoms with Crippen molar-refractivity contribution in [2.75, 3.05) is 0 Å². The van der Waals surface area contributed by atoms with Crippen molar-refractivity contribution in [2.24, 2.45) is 0 Å². The second kappa shape index (κ2) is 4.55. The molecule has 0 saturated carbocycles. The number of halogens is 2. The molecule has 0 spiro atoms. The van der Waals surface area contributed by atoms with E-state index in [4.69, 9.17) is 11.6 Å². The summed E-state index contributed by atoms with van der Waals surface area (Å²) in [5.41, 5.74) is -0.0502. The van der Waals surface area contributed by atoms with E-state index in [1.807, 2.05) is 12.1 Å². The van der Waals surface area contributed by atoms with Crippen molar-refractivity contribution in [3.05, 3.63) is 33.3 Å². The van der Waals surface area contributed by atoms with E-state index < -0.39 is 5.54 Å². The topological polar surface area (TPSA) is 49.4 Å². The van der Waals surface area contributed by atoms with Crippen molar-refractivity contribution in [3.63, 3.8) is 0 Å². The Labute approximate surface area is 118 Å². The molecular weight excluding hydrogens is 320 g/mol. The highest BCUT2D eigenvalue weighted by Gasteiger charge is 2.45. The molecule has 0 atom stereocenters. The fourth-order valence-electron chi connectivity index (χ4n) is 1.78. The molecule has 1 heterocycles. The van der Waals surface area contributed by atoms with Gasteiger partial charge in [-0.1, -0.05) is 33.6 Å². The van der Waals surface area contributed by atoms with Crippen molar-refractivity contribution in [1.29, 1.82) is 0 Å². The smallest absolute Gasteiger partial charge is 0.306 e. The van der Waals surface area contributed by atoms with Crippen molar-refractivity contribution in [2.45, 2.75) is 25.9 Å². The van der Waals surface area contributed by atoms with Gasteiger partial charge in [0.2, 0.25) is 0 Å². The Morgan fingerprint density at radius 1 is 1.39 bits per heavy atom. The van der Waals surface area contributed by atoms with Crippen molar-refractivity contribution < 1.29 is 9.59 Å². The van der Waals surface area contributed by atoms with Gasteiger partial charge in [-0.05, 0) is 31.5 Å². The largest absolute Gasteiger partial charge is 0.325 e. The molecule has 1 N–H and O–H groups in total. The lowest BCUT2D eigenvalue weighted by molar-refractivity contribution is -0.125. The highest BCUT2D eigenvalue weighted by Crippen LogP contribution is 2.27. The number of hydrogen-bond acceptors (Lipinski definition) is 2. The van der Waals surface area contributed by atoms with Gasteiger partial charge in [-0.2, -0.15) is 0 Å². The molecule has 18 heavy (non-hydrogen) atoms. The number of nitrogens with zero attached hydrogens (tertiary/aromatic N) is 1. The fourth-order valence-corrected chi connectivity index (χ4v) is 2.52. The lowest BCUT2D eigenvalue weighted by Crippen LogP contribution is -2.43. The molecule has 1 aliphatic rings. The van der Waals surface area contributed by atoms with Crippen LogP contribution in [0.3, 0.4) is 0 Å². The standard InChI is InChI=1S/C12H12BrClN2O2/c1-12(2)10(17)15-11(18)16(12)6-7-3-4-8(13)5-9(7)14/h3-5H,6H2,1-2H3,(H,15,17,18). The van der Waals surface area contributed by atoms with Gasteiger partial charge in [0.1, 0.15) is 5.54 Å². The monoisotopic (exact) mass is 330 g/mol. The van der Waals surface area contributed by atoms with E-state index in [0.717, 1.165) is 10.0 Å². The maximum Gasteiger partial charge on any atom is 0.325 e. The first-order valence-corrected chi connectivity index (χ1v) is 6.56. The van der Waals surface area contributed by atoms with Crippen LogP contribution in [0.1, 0.15) is 19.4 Å². The van der Waals surface area contributed by atoms with Crippen LogP contribution in [0.2, 0.25) is 5.02 Å². The molecule has 0 aromatic heterocycles. The predicted molar refractivity (Wildman–Crippen MR) is 72.3 cm³/mol. The summed E-state index contributed by atoms with van der Waals surface area (Å²) < 4.78 is 0.873. The van der Waals surface area contributed by atoms with Crippen molar-refractivity contribution in [1.82, 2.24) is 10.2 Å². The molecule has 96 valence electrons. The van der Waals surface area contributed by atoms with Crippen LogP contribution in [0.15, 0.2) is 22.7 Å². The third kappa shape index (κ3) is 2.24. The molecule has 1 aromatic carbocycles. The second-order valence-electron chi connectivity index (χ2n) is 4.64. The molecule has 0 aliphatic carbocycles. The maximum absolute atomic E-state index is 11.7. The van der Waals surface area contributed by atoms with E-state index in [1.165, 1.54) is 4.90 Å². The van der Waals surface area contributed by atoms with Crippen molar-refractivity contribution >= 4 is 39.5 Å². The number of imide groups is 1. The van der Waals surface area contributed by atoms with Gasteiger partial charge >= 0.3 is 6.03 Å². The average Bonchev–Trinajstić information content (AvgIpc) is 2.44. The summed E-state index contributed by atoms with van der Waals surface area (Å²) >= 11 is 9.43. The van der Waals surface area contributed by atoms with Crippen LogP contribution >= 0.6 is 27.5 Å². The van der Waals surface area contributed by atoms with Crippen LogP contribution in [0.5, 0.6) is 0 Å². The fraction of sp³-hybridized carbons (Fsp3) is 0.333. The number of carbonyl (C=O) groups excluding carboxylic acids is 2. The van der Waals surface area contributed by atoms with E-state index in [0.29, 0.717) is 11.6 Å². The zero-order valence-corrected chi connectivity index (χ0v) is 12.3. The van der Waals surface area contributed by atoms with E-state index in [9.17, 15) is 9.59 Å². The number of nitrogens with one attached hydrogen (secondary N) is 1. The SMILES string of the molecule is CC1(C)C(=O)NC(=O)N1Cc1ccc(Br)cc1Cl. The highest BCUT2D eigenvalue weighted by molar-refractivity contribution is 9.10. The number of hydrogen-bond donors (Lipinski definition) is 1. The van der Waals surface area contributed by atoms with Crippen LogP contribution in [0, 0.1) is 0 Å². The molecule has 1 aliphatic heterocycles. The van der Waals surface area contributed by atoms with Crippen LogP contribution in [0.4, 0.5) is 4.79 Å². The Kier molecular flexibility index (Phi) is 3.38. The Balaban J connectivity index is 2.28. The molecule has 1 aromatic rings. The van der Waals surface area contributed by atoms with Gasteiger partial charge in [0.25, 0.3) is 5.91 Å². The first-order valence-electron chi connectivity index (χ1n) is 5.39. The number of urea groups is 1. The molecule has 1 saturated heterocycles. The van der Waals surface area contributed by atoms with Crippen LogP contribution in [-0.2, 0) is 11.3 Å². The summed E-state index contributed by atoms with van der Waals surface area (Å²) in [6.07, 6.45) is 0. The molecule has 4 nitrogen and oxygen atoms in total. The van der Waals surface area contributed by atoms with Gasteiger partial charge in [0, 0.05) is 16.0 Å². The minimum absolute atomic E-state index is 0.291. The minimum atomic E-state index is -0.854. The minimum Gasteiger partial charge on any atom is -0.306 e. The molecule has 0 radical (unpaired) electrons. The molecule has 6 heteroatoms. The van der Waals surface area contributed by atoms with E-state index in [2.05, 4.69) is 21.2 Å². The molecular formula is C12H12BrClN2O2. The molecule has 1 fully saturated rings. The van der Waals surface area contributed by atoms with Crippen LogP contribution in [-0.4, -0.2) is 22.4 Å². The number of benzene rings is 1. The molecule has 3 amide bonds. The van der Waals surface area contributed by atoms with E-state index in [-0.39, 0.29) is 11.9 Å². The first kappa shape index (κ1) is 13.4. The van der Waals surface area contributed by atoms with Gasteiger partial charge in [-0.15, -0.1) is 0 Å². The normalized spacial score (nSPS) is 18.1. The Morgan fingerprint density at radius 2 is 2.06 bits per heavy atom. The lowest BCUT2D eigenvalue weighted by atomic mass is 10.0. The van der Waals surface area contributed by atoms with Gasteiger partial charge in [0.05, 0.1) is 0 Å². The third-order valence-corrected chi connectivity index (χ3v) is 3.88. The van der Waals surface area contributed by atoms with Gasteiger partial charge in [0.15, 0.2) is 0 Å². The number of carbonyl (C=O) groups is 2. The first-order chi connectivity index (χ1) is 8.32. The zero-order valence-electron chi connectivity index (χ0n) is 9.96. The quantitative estimate of drug-likeness (QED) is 0.847. The summed E-state index contributed by atoms with van der Waals surface area (Å²) in [5.74, 6) is -0.291. The van der Waals surface area contributed by atoms with Gasteiger partial charge in [-0.3, -0.25) is 10.1 Å². The van der Waals surface area contributed by atoms with Gasteiger partial charge < -0.3 is 4.90 Å². The summed E-state index contributed by atoms with van der Waals surface area (Å²) in [5, 5.41) is 2.87. The molecule has 0 unspecified atom stereocenters. The lowest BCUT2D eigenvalue weighted by Gasteiger charge is -2.28.